The van der Waals surface area contributed by atoms with E-state index in [0.29, 0.717) is 22.6 Å². The molecular formula is C14H11ClF2O. The zero-order chi connectivity index (χ0) is 13.1. The van der Waals surface area contributed by atoms with Gasteiger partial charge < -0.3 is 4.74 Å². The Hall–Kier alpha value is -1.61. The van der Waals surface area contributed by atoms with Crippen LogP contribution < -0.4 is 4.74 Å². The van der Waals surface area contributed by atoms with Crippen LogP contribution in [0.4, 0.5) is 8.78 Å². The SMILES string of the molecule is Cc1cc(F)ccc1Oc1ccc(F)cc1CCl. The molecule has 94 valence electrons. The molecule has 0 unspecified atom stereocenters. The number of benzene rings is 2. The van der Waals surface area contributed by atoms with Gasteiger partial charge in [-0.15, -0.1) is 11.6 Å². The highest BCUT2D eigenvalue weighted by atomic mass is 35.5. The van der Waals surface area contributed by atoms with Crippen molar-refractivity contribution in [3.63, 3.8) is 0 Å². The molecule has 0 fully saturated rings. The van der Waals surface area contributed by atoms with Gasteiger partial charge in [0.1, 0.15) is 23.1 Å². The zero-order valence-corrected chi connectivity index (χ0v) is 10.5. The molecule has 1 nitrogen and oxygen atoms in total. The Bertz CT molecular complexity index is 570. The number of hydrogen-bond acceptors (Lipinski definition) is 1. The number of hydrogen-bond donors (Lipinski definition) is 0. The molecule has 0 aliphatic heterocycles. The van der Waals surface area contributed by atoms with E-state index in [1.54, 1.807) is 6.92 Å². The summed E-state index contributed by atoms with van der Waals surface area (Å²) in [4.78, 5) is 0. The van der Waals surface area contributed by atoms with E-state index in [1.807, 2.05) is 0 Å². The maximum atomic E-state index is 13.0. The number of halogens is 3. The molecule has 0 heterocycles. The summed E-state index contributed by atoms with van der Waals surface area (Å²) in [5, 5.41) is 0. The molecule has 18 heavy (non-hydrogen) atoms. The lowest BCUT2D eigenvalue weighted by Gasteiger charge is -2.11. The van der Waals surface area contributed by atoms with Crippen LogP contribution in [0.15, 0.2) is 36.4 Å². The van der Waals surface area contributed by atoms with Crippen LogP contribution in [0.25, 0.3) is 0 Å². The monoisotopic (exact) mass is 268 g/mol. The second-order valence-electron chi connectivity index (χ2n) is 3.90. The molecule has 0 aliphatic rings. The molecule has 2 rings (SSSR count). The highest BCUT2D eigenvalue weighted by Gasteiger charge is 2.08. The quantitative estimate of drug-likeness (QED) is 0.726. The molecule has 0 saturated heterocycles. The van der Waals surface area contributed by atoms with Crippen LogP contribution >= 0.6 is 11.6 Å². The molecule has 0 saturated carbocycles. The highest BCUT2D eigenvalue weighted by Crippen LogP contribution is 2.29. The summed E-state index contributed by atoms with van der Waals surface area (Å²) >= 11 is 5.73. The summed E-state index contributed by atoms with van der Waals surface area (Å²) < 4.78 is 31.6. The van der Waals surface area contributed by atoms with Crippen LogP contribution in [0.2, 0.25) is 0 Å². The Kier molecular flexibility index (Phi) is 3.82. The molecular weight excluding hydrogens is 258 g/mol. The fourth-order valence-electron chi connectivity index (χ4n) is 1.60. The van der Waals surface area contributed by atoms with Crippen molar-refractivity contribution in [1.29, 1.82) is 0 Å². The molecule has 0 aliphatic carbocycles. The van der Waals surface area contributed by atoms with E-state index < -0.39 is 0 Å². The Labute approximate surface area is 109 Å². The van der Waals surface area contributed by atoms with Crippen LogP contribution in [-0.4, -0.2) is 0 Å². The summed E-state index contributed by atoms with van der Waals surface area (Å²) in [5.41, 5.74) is 1.22. The lowest BCUT2D eigenvalue weighted by atomic mass is 10.2. The van der Waals surface area contributed by atoms with E-state index in [0.717, 1.165) is 0 Å². The highest BCUT2D eigenvalue weighted by molar-refractivity contribution is 6.17. The van der Waals surface area contributed by atoms with Crippen molar-refractivity contribution in [2.24, 2.45) is 0 Å². The smallest absolute Gasteiger partial charge is 0.132 e. The Balaban J connectivity index is 2.33. The van der Waals surface area contributed by atoms with Gasteiger partial charge in [-0.2, -0.15) is 0 Å². The lowest BCUT2D eigenvalue weighted by molar-refractivity contribution is 0.470. The normalized spacial score (nSPS) is 10.4. The van der Waals surface area contributed by atoms with Gasteiger partial charge in [0.15, 0.2) is 0 Å². The molecule has 0 aromatic heterocycles. The molecule has 4 heteroatoms. The minimum absolute atomic E-state index is 0.146. The molecule has 0 spiro atoms. The first-order chi connectivity index (χ1) is 8.60. The van der Waals surface area contributed by atoms with E-state index >= 15 is 0 Å². The second-order valence-corrected chi connectivity index (χ2v) is 4.16. The Morgan fingerprint density at radius 1 is 1.00 bits per heavy atom. The first-order valence-electron chi connectivity index (χ1n) is 5.38. The third kappa shape index (κ3) is 2.79. The molecule has 0 atom stereocenters. The molecule has 0 radical (unpaired) electrons. The fraction of sp³-hybridized carbons (Fsp3) is 0.143. The minimum Gasteiger partial charge on any atom is -0.457 e. The van der Waals surface area contributed by atoms with Crippen molar-refractivity contribution >= 4 is 11.6 Å². The Morgan fingerprint density at radius 2 is 1.61 bits per heavy atom. The van der Waals surface area contributed by atoms with Crippen LogP contribution in [0.3, 0.4) is 0 Å². The predicted molar refractivity (Wildman–Crippen MR) is 67.2 cm³/mol. The number of ether oxygens (including phenoxy) is 1. The largest absolute Gasteiger partial charge is 0.457 e. The van der Waals surface area contributed by atoms with Gasteiger partial charge >= 0.3 is 0 Å². The fourth-order valence-corrected chi connectivity index (χ4v) is 1.81. The average molecular weight is 269 g/mol. The van der Waals surface area contributed by atoms with Gasteiger partial charge in [-0.3, -0.25) is 0 Å². The third-order valence-corrected chi connectivity index (χ3v) is 2.81. The topological polar surface area (TPSA) is 9.23 Å². The van der Waals surface area contributed by atoms with Gasteiger partial charge in [-0.1, -0.05) is 0 Å². The first kappa shape index (κ1) is 12.8. The molecule has 0 amide bonds. The van der Waals surface area contributed by atoms with Gasteiger partial charge in [-0.25, -0.2) is 8.78 Å². The van der Waals surface area contributed by atoms with E-state index in [-0.39, 0.29) is 17.5 Å². The van der Waals surface area contributed by atoms with Crippen molar-refractivity contribution in [2.75, 3.05) is 0 Å². The lowest BCUT2D eigenvalue weighted by Crippen LogP contribution is -1.93. The molecule has 2 aromatic rings. The summed E-state index contributed by atoms with van der Waals surface area (Å²) in [5.74, 6) is 0.452. The summed E-state index contributed by atoms with van der Waals surface area (Å²) in [6.45, 7) is 1.74. The van der Waals surface area contributed by atoms with Gasteiger partial charge in [-0.05, 0) is 48.9 Å². The Morgan fingerprint density at radius 3 is 2.22 bits per heavy atom. The van der Waals surface area contributed by atoms with Crippen LogP contribution in [0.5, 0.6) is 11.5 Å². The minimum atomic E-state index is -0.367. The summed E-state index contributed by atoms with van der Waals surface area (Å²) in [6.07, 6.45) is 0. The van der Waals surface area contributed by atoms with Gasteiger partial charge in [0, 0.05) is 5.56 Å². The molecule has 0 N–H and O–H groups in total. The first-order valence-corrected chi connectivity index (χ1v) is 5.92. The molecule has 0 bridgehead atoms. The van der Waals surface area contributed by atoms with E-state index in [9.17, 15) is 8.78 Å². The van der Waals surface area contributed by atoms with Crippen LogP contribution in [0, 0.1) is 18.6 Å². The van der Waals surface area contributed by atoms with Crippen molar-refractivity contribution in [3.8, 4) is 11.5 Å². The van der Waals surface area contributed by atoms with Gasteiger partial charge in [0.05, 0.1) is 5.88 Å². The number of alkyl halides is 1. The number of aryl methyl sites for hydroxylation is 1. The van der Waals surface area contributed by atoms with Gasteiger partial charge in [0.25, 0.3) is 0 Å². The summed E-state index contributed by atoms with van der Waals surface area (Å²) in [7, 11) is 0. The predicted octanol–water partition coefficient (Wildman–Crippen LogP) is 4.80. The van der Waals surface area contributed by atoms with Crippen molar-refractivity contribution < 1.29 is 13.5 Å². The maximum Gasteiger partial charge on any atom is 0.132 e. The average Bonchev–Trinajstić information content (AvgIpc) is 2.34. The van der Waals surface area contributed by atoms with Crippen molar-refractivity contribution in [2.45, 2.75) is 12.8 Å². The second kappa shape index (κ2) is 5.36. The van der Waals surface area contributed by atoms with Crippen molar-refractivity contribution in [1.82, 2.24) is 0 Å². The standard InChI is InChI=1S/C14H11ClF2O/c1-9-6-11(16)2-4-13(9)18-14-5-3-12(17)7-10(14)8-15/h2-7H,8H2,1H3. The van der Waals surface area contributed by atoms with E-state index in [4.69, 9.17) is 16.3 Å². The van der Waals surface area contributed by atoms with Crippen LogP contribution in [0.1, 0.15) is 11.1 Å². The van der Waals surface area contributed by atoms with Crippen molar-refractivity contribution in [3.05, 3.63) is 59.2 Å². The third-order valence-electron chi connectivity index (χ3n) is 2.52. The molecule has 2 aromatic carbocycles. The van der Waals surface area contributed by atoms with Crippen LogP contribution in [-0.2, 0) is 5.88 Å². The van der Waals surface area contributed by atoms with E-state index in [1.165, 1.54) is 36.4 Å². The zero-order valence-electron chi connectivity index (χ0n) is 9.71. The number of rotatable bonds is 3. The summed E-state index contributed by atoms with van der Waals surface area (Å²) in [6, 6.07) is 8.35. The maximum absolute atomic E-state index is 13.0. The van der Waals surface area contributed by atoms with E-state index in [2.05, 4.69) is 0 Å². The van der Waals surface area contributed by atoms with Gasteiger partial charge in [0.2, 0.25) is 0 Å².